The smallest absolute Gasteiger partial charge is 0.329 e. The lowest BCUT2D eigenvalue weighted by molar-refractivity contribution is -0.131. The van der Waals surface area contributed by atoms with Crippen LogP contribution in [0.1, 0.15) is 19.3 Å². The zero-order valence-electron chi connectivity index (χ0n) is 7.98. The standard InChI is InChI=1S/C10H15NO3/c12-10(13)3-4-11-6-7-1-2-8-9(5-7)14-8/h3-4,7-9,11H,1-2,5-6H2,(H,12,13). The zero-order valence-corrected chi connectivity index (χ0v) is 7.98. The molecule has 3 atom stereocenters. The van der Waals surface area contributed by atoms with Crippen molar-refractivity contribution in [2.24, 2.45) is 5.92 Å². The molecule has 4 nitrogen and oxygen atoms in total. The molecule has 3 unspecified atom stereocenters. The van der Waals surface area contributed by atoms with Gasteiger partial charge in [-0.2, -0.15) is 0 Å². The van der Waals surface area contributed by atoms with Crippen LogP contribution in [0.15, 0.2) is 12.3 Å². The predicted octanol–water partition coefficient (Wildman–Crippen LogP) is 0.742. The summed E-state index contributed by atoms with van der Waals surface area (Å²) in [5, 5.41) is 11.4. The minimum Gasteiger partial charge on any atom is -0.478 e. The molecule has 0 aromatic carbocycles. The van der Waals surface area contributed by atoms with Gasteiger partial charge in [-0.25, -0.2) is 4.79 Å². The molecule has 0 bridgehead atoms. The van der Waals surface area contributed by atoms with Gasteiger partial charge >= 0.3 is 5.97 Å². The Kier molecular flexibility index (Phi) is 2.72. The topological polar surface area (TPSA) is 61.9 Å². The SMILES string of the molecule is O=C(O)C=CNCC1CCC2OC2C1. The van der Waals surface area contributed by atoms with Gasteiger partial charge in [0.2, 0.25) is 0 Å². The zero-order chi connectivity index (χ0) is 9.97. The highest BCUT2D eigenvalue weighted by Gasteiger charge is 2.43. The number of aliphatic carboxylic acids is 1. The monoisotopic (exact) mass is 197 g/mol. The highest BCUT2D eigenvalue weighted by atomic mass is 16.6. The summed E-state index contributed by atoms with van der Waals surface area (Å²) in [5.41, 5.74) is 0. The number of ether oxygens (including phenoxy) is 1. The first kappa shape index (κ1) is 9.52. The lowest BCUT2D eigenvalue weighted by Gasteiger charge is -2.18. The Morgan fingerprint density at radius 1 is 1.50 bits per heavy atom. The maximum absolute atomic E-state index is 10.2. The molecule has 0 aromatic heterocycles. The quantitative estimate of drug-likeness (QED) is 0.515. The number of fused-ring (bicyclic) bond motifs is 1. The van der Waals surface area contributed by atoms with Gasteiger partial charge in [-0.15, -0.1) is 0 Å². The fourth-order valence-corrected chi connectivity index (χ4v) is 2.04. The van der Waals surface area contributed by atoms with E-state index in [1.165, 1.54) is 19.0 Å². The fourth-order valence-electron chi connectivity index (χ4n) is 2.04. The van der Waals surface area contributed by atoms with Crippen molar-refractivity contribution >= 4 is 5.97 Å². The second-order valence-electron chi connectivity index (χ2n) is 3.97. The van der Waals surface area contributed by atoms with Crippen LogP contribution in [-0.2, 0) is 9.53 Å². The number of hydrogen-bond acceptors (Lipinski definition) is 3. The summed E-state index contributed by atoms with van der Waals surface area (Å²) >= 11 is 0. The second-order valence-corrected chi connectivity index (χ2v) is 3.97. The van der Waals surface area contributed by atoms with E-state index in [1.807, 2.05) is 0 Å². The molecular weight excluding hydrogens is 182 g/mol. The molecular formula is C10H15NO3. The molecule has 2 N–H and O–H groups in total. The van der Waals surface area contributed by atoms with Crippen molar-refractivity contribution in [1.29, 1.82) is 0 Å². The maximum atomic E-state index is 10.2. The van der Waals surface area contributed by atoms with Crippen LogP contribution in [-0.4, -0.2) is 29.8 Å². The van der Waals surface area contributed by atoms with Crippen LogP contribution in [0.25, 0.3) is 0 Å². The Bertz CT molecular complexity index is 252. The molecule has 1 saturated carbocycles. The van der Waals surface area contributed by atoms with E-state index < -0.39 is 5.97 Å². The van der Waals surface area contributed by atoms with E-state index in [9.17, 15) is 4.79 Å². The third-order valence-electron chi connectivity index (χ3n) is 2.86. The summed E-state index contributed by atoms with van der Waals surface area (Å²) < 4.78 is 5.41. The summed E-state index contributed by atoms with van der Waals surface area (Å²) in [4.78, 5) is 10.2. The van der Waals surface area contributed by atoms with Gasteiger partial charge in [0, 0.05) is 18.8 Å². The average molecular weight is 197 g/mol. The third-order valence-corrected chi connectivity index (χ3v) is 2.86. The van der Waals surface area contributed by atoms with Crippen molar-refractivity contribution in [2.75, 3.05) is 6.54 Å². The number of carboxylic acids is 1. The first-order valence-electron chi connectivity index (χ1n) is 5.04. The fraction of sp³-hybridized carbons (Fsp3) is 0.700. The molecule has 0 aromatic rings. The van der Waals surface area contributed by atoms with Crippen LogP contribution >= 0.6 is 0 Å². The number of hydrogen-bond donors (Lipinski definition) is 2. The summed E-state index contributed by atoms with van der Waals surface area (Å²) in [6.45, 7) is 0.858. The Balaban J connectivity index is 1.63. The molecule has 1 aliphatic heterocycles. The van der Waals surface area contributed by atoms with Crippen molar-refractivity contribution in [3.8, 4) is 0 Å². The molecule has 2 aliphatic rings. The molecule has 0 spiro atoms. The van der Waals surface area contributed by atoms with Crippen LogP contribution in [0.4, 0.5) is 0 Å². The van der Waals surface area contributed by atoms with Crippen molar-refractivity contribution < 1.29 is 14.6 Å². The van der Waals surface area contributed by atoms with Crippen molar-refractivity contribution in [3.63, 3.8) is 0 Å². The van der Waals surface area contributed by atoms with Gasteiger partial charge in [-0.1, -0.05) is 0 Å². The molecule has 2 fully saturated rings. The van der Waals surface area contributed by atoms with Gasteiger partial charge in [0.05, 0.1) is 12.2 Å². The summed E-state index contributed by atoms with van der Waals surface area (Å²) in [6.07, 6.45) is 7.15. The van der Waals surface area contributed by atoms with E-state index in [1.54, 1.807) is 0 Å². The van der Waals surface area contributed by atoms with Gasteiger partial charge < -0.3 is 15.2 Å². The van der Waals surface area contributed by atoms with Gasteiger partial charge in [-0.3, -0.25) is 0 Å². The highest BCUT2D eigenvalue weighted by Crippen LogP contribution is 2.38. The molecule has 1 heterocycles. The number of epoxide rings is 1. The van der Waals surface area contributed by atoms with Gasteiger partial charge in [0.25, 0.3) is 0 Å². The Hall–Kier alpha value is -1.03. The lowest BCUT2D eigenvalue weighted by atomic mass is 9.89. The average Bonchev–Trinajstić information content (AvgIpc) is 2.90. The normalized spacial score (nSPS) is 35.3. The summed E-state index contributed by atoms with van der Waals surface area (Å²) in [5.74, 6) is -0.274. The Morgan fingerprint density at radius 2 is 2.36 bits per heavy atom. The van der Waals surface area contributed by atoms with Gasteiger partial charge in [-0.05, 0) is 25.2 Å². The van der Waals surface area contributed by atoms with Crippen LogP contribution < -0.4 is 5.32 Å². The van der Waals surface area contributed by atoms with Crippen LogP contribution in [0.3, 0.4) is 0 Å². The van der Waals surface area contributed by atoms with E-state index in [0.29, 0.717) is 18.1 Å². The van der Waals surface area contributed by atoms with Crippen LogP contribution in [0.5, 0.6) is 0 Å². The predicted molar refractivity (Wildman–Crippen MR) is 50.8 cm³/mol. The minimum absolute atomic E-state index is 0.499. The Morgan fingerprint density at radius 3 is 3.07 bits per heavy atom. The van der Waals surface area contributed by atoms with Crippen LogP contribution in [0.2, 0.25) is 0 Å². The number of nitrogens with one attached hydrogen (secondary N) is 1. The molecule has 1 aliphatic carbocycles. The molecule has 0 amide bonds. The number of carboxylic acid groups (broad SMARTS) is 1. The van der Waals surface area contributed by atoms with Gasteiger partial charge in [0.1, 0.15) is 0 Å². The van der Waals surface area contributed by atoms with E-state index in [0.717, 1.165) is 19.0 Å². The van der Waals surface area contributed by atoms with Gasteiger partial charge in [0.15, 0.2) is 0 Å². The van der Waals surface area contributed by atoms with Crippen molar-refractivity contribution in [3.05, 3.63) is 12.3 Å². The van der Waals surface area contributed by atoms with E-state index in [-0.39, 0.29) is 0 Å². The lowest BCUT2D eigenvalue weighted by Crippen LogP contribution is -2.23. The number of rotatable bonds is 4. The molecule has 0 radical (unpaired) electrons. The molecule has 78 valence electrons. The molecule has 4 heteroatoms. The largest absolute Gasteiger partial charge is 0.478 e. The molecule has 2 rings (SSSR count). The maximum Gasteiger partial charge on any atom is 0.329 e. The molecule has 1 saturated heterocycles. The summed E-state index contributed by atoms with van der Waals surface area (Å²) in [6, 6.07) is 0. The Labute approximate surface area is 82.9 Å². The van der Waals surface area contributed by atoms with Crippen LogP contribution in [0, 0.1) is 5.92 Å². The highest BCUT2D eigenvalue weighted by molar-refractivity contribution is 5.79. The van der Waals surface area contributed by atoms with Crippen molar-refractivity contribution in [1.82, 2.24) is 5.32 Å². The number of carbonyl (C=O) groups is 1. The molecule has 14 heavy (non-hydrogen) atoms. The van der Waals surface area contributed by atoms with E-state index in [2.05, 4.69) is 5.32 Å². The third kappa shape index (κ3) is 2.48. The van der Waals surface area contributed by atoms with Crippen molar-refractivity contribution in [2.45, 2.75) is 31.5 Å². The van der Waals surface area contributed by atoms with E-state index in [4.69, 9.17) is 9.84 Å². The second kappa shape index (κ2) is 4.00. The first-order valence-corrected chi connectivity index (χ1v) is 5.04. The first-order chi connectivity index (χ1) is 6.75. The summed E-state index contributed by atoms with van der Waals surface area (Å²) in [7, 11) is 0. The minimum atomic E-state index is -0.910. The van der Waals surface area contributed by atoms with E-state index >= 15 is 0 Å².